The number of rotatable bonds is 4. The Morgan fingerprint density at radius 1 is 1.38 bits per heavy atom. The van der Waals surface area contributed by atoms with Crippen molar-refractivity contribution in [3.63, 3.8) is 0 Å². The van der Waals surface area contributed by atoms with Gasteiger partial charge in [-0.25, -0.2) is 0 Å². The van der Waals surface area contributed by atoms with E-state index in [4.69, 9.17) is 5.11 Å². The normalized spacial score (nSPS) is 10.2. The van der Waals surface area contributed by atoms with Crippen LogP contribution in [0.4, 0.5) is 0 Å². The molecule has 0 fully saturated rings. The Balaban J connectivity index is 2.23. The largest absolute Gasteiger partial charge is 0.481 e. The Kier molecular flexibility index (Phi) is 2.90. The van der Waals surface area contributed by atoms with Gasteiger partial charge in [0.15, 0.2) is 5.82 Å². The summed E-state index contributed by atoms with van der Waals surface area (Å²) in [5.41, 5.74) is 0.873. The van der Waals surface area contributed by atoms with Crippen molar-refractivity contribution in [1.82, 2.24) is 19.7 Å². The van der Waals surface area contributed by atoms with Gasteiger partial charge < -0.3 is 9.67 Å². The van der Waals surface area contributed by atoms with Gasteiger partial charge in [0.05, 0.1) is 6.42 Å². The topological polar surface area (TPSA) is 80.9 Å². The zero-order chi connectivity index (χ0) is 11.4. The van der Waals surface area contributed by atoms with Crippen molar-refractivity contribution in [2.75, 3.05) is 0 Å². The second-order valence-corrected chi connectivity index (χ2v) is 3.23. The number of hydrogen-bond donors (Lipinski definition) is 1. The third-order valence-corrected chi connectivity index (χ3v) is 2.12. The Hall–Kier alpha value is -2.24. The zero-order valence-corrected chi connectivity index (χ0v) is 8.45. The number of hydrogen-bond acceptors (Lipinski definition) is 4. The van der Waals surface area contributed by atoms with Gasteiger partial charge in [0.25, 0.3) is 0 Å². The number of carboxylic acid groups (broad SMARTS) is 1. The monoisotopic (exact) mass is 218 g/mol. The molecule has 82 valence electrons. The number of carboxylic acids is 1. The molecule has 0 amide bonds. The van der Waals surface area contributed by atoms with Crippen LogP contribution in [0.1, 0.15) is 6.42 Å². The summed E-state index contributed by atoms with van der Waals surface area (Å²) in [7, 11) is 0. The van der Waals surface area contributed by atoms with Crippen LogP contribution in [-0.2, 0) is 11.3 Å². The third kappa shape index (κ3) is 2.22. The highest BCUT2D eigenvalue weighted by Crippen LogP contribution is 2.14. The van der Waals surface area contributed by atoms with Gasteiger partial charge in [-0.3, -0.25) is 9.78 Å². The number of aliphatic carboxylic acids is 1. The first-order chi connectivity index (χ1) is 7.77. The Morgan fingerprint density at radius 2 is 2.12 bits per heavy atom. The van der Waals surface area contributed by atoms with Crippen molar-refractivity contribution < 1.29 is 9.90 Å². The minimum absolute atomic E-state index is 0.0517. The molecule has 0 spiro atoms. The minimum Gasteiger partial charge on any atom is -0.481 e. The molecule has 0 aliphatic rings. The maximum absolute atomic E-state index is 10.5. The summed E-state index contributed by atoms with van der Waals surface area (Å²) in [5, 5.41) is 16.3. The molecule has 0 bridgehead atoms. The molecule has 0 aliphatic carbocycles. The molecule has 1 N–H and O–H groups in total. The lowest BCUT2D eigenvalue weighted by Crippen LogP contribution is -2.05. The minimum atomic E-state index is -0.839. The van der Waals surface area contributed by atoms with E-state index in [0.717, 1.165) is 5.56 Å². The predicted molar refractivity (Wildman–Crippen MR) is 55.5 cm³/mol. The van der Waals surface area contributed by atoms with E-state index in [1.807, 2.05) is 0 Å². The summed E-state index contributed by atoms with van der Waals surface area (Å²) in [6, 6.07) is 3.61. The molecule has 0 aliphatic heterocycles. The maximum atomic E-state index is 10.5. The molecule has 0 atom stereocenters. The van der Waals surface area contributed by atoms with Crippen LogP contribution in [0.2, 0.25) is 0 Å². The first-order valence-corrected chi connectivity index (χ1v) is 4.77. The third-order valence-electron chi connectivity index (χ3n) is 2.12. The fourth-order valence-electron chi connectivity index (χ4n) is 1.36. The van der Waals surface area contributed by atoms with Crippen LogP contribution >= 0.6 is 0 Å². The fraction of sp³-hybridized carbons (Fsp3) is 0.200. The maximum Gasteiger partial charge on any atom is 0.305 e. The van der Waals surface area contributed by atoms with Crippen molar-refractivity contribution in [1.29, 1.82) is 0 Å². The number of aromatic nitrogens is 4. The second kappa shape index (κ2) is 4.52. The van der Waals surface area contributed by atoms with E-state index >= 15 is 0 Å². The first kappa shape index (κ1) is 10.3. The highest BCUT2D eigenvalue weighted by Gasteiger charge is 2.07. The predicted octanol–water partition coefficient (Wildman–Crippen LogP) is 0.815. The quantitative estimate of drug-likeness (QED) is 0.821. The van der Waals surface area contributed by atoms with Crippen molar-refractivity contribution in [2.24, 2.45) is 0 Å². The number of nitrogens with zero attached hydrogens (tertiary/aromatic N) is 4. The molecular weight excluding hydrogens is 208 g/mol. The lowest BCUT2D eigenvalue weighted by atomic mass is 10.2. The molecule has 2 heterocycles. The van der Waals surface area contributed by atoms with Gasteiger partial charge >= 0.3 is 5.97 Å². The van der Waals surface area contributed by atoms with Crippen molar-refractivity contribution in [3.05, 3.63) is 30.9 Å². The van der Waals surface area contributed by atoms with Crippen LogP contribution in [0, 0.1) is 0 Å². The van der Waals surface area contributed by atoms with E-state index in [0.29, 0.717) is 12.4 Å². The van der Waals surface area contributed by atoms with E-state index in [9.17, 15) is 4.79 Å². The van der Waals surface area contributed by atoms with E-state index in [1.54, 1.807) is 29.1 Å². The zero-order valence-electron chi connectivity index (χ0n) is 8.45. The molecule has 2 aromatic heterocycles. The molecule has 0 radical (unpaired) electrons. The van der Waals surface area contributed by atoms with Crippen molar-refractivity contribution in [2.45, 2.75) is 13.0 Å². The molecule has 2 rings (SSSR count). The summed E-state index contributed by atoms with van der Waals surface area (Å²) >= 11 is 0. The smallest absolute Gasteiger partial charge is 0.305 e. The van der Waals surface area contributed by atoms with Crippen molar-refractivity contribution in [3.8, 4) is 11.4 Å². The van der Waals surface area contributed by atoms with E-state index in [2.05, 4.69) is 15.2 Å². The summed E-state index contributed by atoms with van der Waals surface area (Å²) in [4.78, 5) is 14.4. The van der Waals surface area contributed by atoms with Crippen LogP contribution < -0.4 is 0 Å². The Morgan fingerprint density at radius 3 is 2.81 bits per heavy atom. The molecule has 0 aromatic carbocycles. The van der Waals surface area contributed by atoms with Gasteiger partial charge in [-0.1, -0.05) is 0 Å². The van der Waals surface area contributed by atoms with Gasteiger partial charge in [-0.2, -0.15) is 0 Å². The van der Waals surface area contributed by atoms with Crippen LogP contribution in [0.15, 0.2) is 30.9 Å². The Labute approximate surface area is 91.6 Å². The van der Waals surface area contributed by atoms with Crippen LogP contribution in [0.3, 0.4) is 0 Å². The summed E-state index contributed by atoms with van der Waals surface area (Å²) in [6.45, 7) is 0.361. The average Bonchev–Trinajstić information content (AvgIpc) is 2.75. The number of carbonyl (C=O) groups is 1. The van der Waals surface area contributed by atoms with Crippen molar-refractivity contribution >= 4 is 5.97 Å². The van der Waals surface area contributed by atoms with Crippen LogP contribution in [0.25, 0.3) is 11.4 Å². The SMILES string of the molecule is O=C(O)CCn1cnnc1-c1ccncc1. The molecule has 0 saturated carbocycles. The van der Waals surface area contributed by atoms with Crippen LogP contribution in [0.5, 0.6) is 0 Å². The van der Waals surface area contributed by atoms with Gasteiger partial charge in [-0.15, -0.1) is 10.2 Å². The first-order valence-electron chi connectivity index (χ1n) is 4.77. The fourth-order valence-corrected chi connectivity index (χ4v) is 1.36. The molecule has 0 saturated heterocycles. The summed E-state index contributed by atoms with van der Waals surface area (Å²) in [6.07, 6.45) is 4.89. The molecule has 0 unspecified atom stereocenters. The van der Waals surface area contributed by atoms with E-state index in [1.165, 1.54) is 6.33 Å². The van der Waals surface area contributed by atoms with Gasteiger partial charge in [0, 0.05) is 24.5 Å². The average molecular weight is 218 g/mol. The van der Waals surface area contributed by atoms with Crippen LogP contribution in [-0.4, -0.2) is 30.8 Å². The molecular formula is C10H10N4O2. The lowest BCUT2D eigenvalue weighted by Gasteiger charge is -2.03. The molecule has 6 nitrogen and oxygen atoms in total. The standard InChI is InChI=1S/C10H10N4O2/c15-9(16)3-6-14-7-12-13-10(14)8-1-4-11-5-2-8/h1-2,4-5,7H,3,6H2,(H,15,16). The summed E-state index contributed by atoms with van der Waals surface area (Å²) < 4.78 is 1.71. The molecule has 16 heavy (non-hydrogen) atoms. The van der Waals surface area contributed by atoms with Gasteiger partial charge in [0.2, 0.25) is 0 Å². The van der Waals surface area contributed by atoms with Gasteiger partial charge in [-0.05, 0) is 12.1 Å². The highest BCUT2D eigenvalue weighted by molar-refractivity contribution is 5.66. The molecule has 2 aromatic rings. The highest BCUT2D eigenvalue weighted by atomic mass is 16.4. The van der Waals surface area contributed by atoms with E-state index < -0.39 is 5.97 Å². The Bertz CT molecular complexity index is 481. The van der Waals surface area contributed by atoms with Gasteiger partial charge in [0.1, 0.15) is 6.33 Å². The number of aryl methyl sites for hydroxylation is 1. The van der Waals surface area contributed by atoms with E-state index in [-0.39, 0.29) is 6.42 Å². The number of pyridine rings is 1. The second-order valence-electron chi connectivity index (χ2n) is 3.23. The molecule has 6 heteroatoms. The summed E-state index contributed by atoms with van der Waals surface area (Å²) in [5.74, 6) is -0.182. The lowest BCUT2D eigenvalue weighted by molar-refractivity contribution is -0.137.